The third-order valence-electron chi connectivity index (χ3n) is 5.70. The quantitative estimate of drug-likeness (QED) is 0.534. The van der Waals surface area contributed by atoms with Crippen LogP contribution in [-0.4, -0.2) is 23.5 Å². The molecule has 1 aliphatic heterocycles. The zero-order chi connectivity index (χ0) is 23.2. The SMILES string of the molecule is CCOC(=O)C1=C(N)C[C@H](c2ccccc2)N(C(=O)Nc2ccccc2)[C@H]1c1ccccc1. The van der Waals surface area contributed by atoms with Gasteiger partial charge in [-0.25, -0.2) is 9.59 Å². The van der Waals surface area contributed by atoms with E-state index in [1.54, 1.807) is 11.8 Å². The Morgan fingerprint density at radius 2 is 1.45 bits per heavy atom. The number of nitrogens with two attached hydrogens (primary N) is 1. The van der Waals surface area contributed by atoms with Crippen molar-refractivity contribution in [3.63, 3.8) is 0 Å². The molecule has 0 aliphatic carbocycles. The Morgan fingerprint density at radius 1 is 0.909 bits per heavy atom. The monoisotopic (exact) mass is 441 g/mol. The summed E-state index contributed by atoms with van der Waals surface area (Å²) in [7, 11) is 0. The van der Waals surface area contributed by atoms with Gasteiger partial charge in [0.05, 0.1) is 24.3 Å². The van der Waals surface area contributed by atoms with Crippen LogP contribution in [0.15, 0.2) is 102 Å². The van der Waals surface area contributed by atoms with Crippen LogP contribution in [-0.2, 0) is 9.53 Å². The number of hydrogen-bond donors (Lipinski definition) is 2. The molecule has 0 fully saturated rings. The molecule has 0 saturated carbocycles. The van der Waals surface area contributed by atoms with Gasteiger partial charge in [-0.15, -0.1) is 0 Å². The Labute approximate surface area is 193 Å². The Hall–Kier alpha value is -4.06. The zero-order valence-corrected chi connectivity index (χ0v) is 18.5. The smallest absolute Gasteiger partial charge is 0.338 e. The number of nitrogens with zero attached hydrogens (tertiary/aromatic N) is 1. The highest BCUT2D eigenvalue weighted by atomic mass is 16.5. The molecule has 33 heavy (non-hydrogen) atoms. The Morgan fingerprint density at radius 3 is 2.03 bits per heavy atom. The van der Waals surface area contributed by atoms with E-state index in [4.69, 9.17) is 10.5 Å². The standard InChI is InChI=1S/C27H27N3O3/c1-2-33-26(31)24-22(28)18-23(19-12-6-3-7-13-19)30(25(24)20-14-8-4-9-15-20)27(32)29-21-16-10-5-11-17-21/h3-17,23,25H,2,18,28H2,1H3,(H,29,32)/t23-,25+/m1/s1. The molecule has 0 saturated heterocycles. The average molecular weight is 442 g/mol. The lowest BCUT2D eigenvalue weighted by Gasteiger charge is -2.43. The van der Waals surface area contributed by atoms with E-state index < -0.39 is 12.0 Å². The van der Waals surface area contributed by atoms with Crippen LogP contribution in [0, 0.1) is 0 Å². The van der Waals surface area contributed by atoms with E-state index in [1.165, 1.54) is 0 Å². The number of nitrogens with one attached hydrogen (secondary N) is 1. The minimum Gasteiger partial charge on any atom is -0.463 e. The highest BCUT2D eigenvalue weighted by Crippen LogP contribution is 2.44. The third-order valence-corrected chi connectivity index (χ3v) is 5.70. The van der Waals surface area contributed by atoms with Gasteiger partial charge >= 0.3 is 12.0 Å². The number of rotatable bonds is 5. The largest absolute Gasteiger partial charge is 0.463 e. The molecule has 0 bridgehead atoms. The van der Waals surface area contributed by atoms with Gasteiger partial charge in [-0.3, -0.25) is 0 Å². The molecular formula is C27H27N3O3. The molecule has 4 rings (SSSR count). The zero-order valence-electron chi connectivity index (χ0n) is 18.5. The number of carbonyl (C=O) groups is 2. The van der Waals surface area contributed by atoms with Crippen LogP contribution < -0.4 is 11.1 Å². The maximum absolute atomic E-state index is 13.8. The molecule has 0 spiro atoms. The Kier molecular flexibility index (Phi) is 6.74. The van der Waals surface area contributed by atoms with Crippen molar-refractivity contribution < 1.29 is 14.3 Å². The first-order valence-electron chi connectivity index (χ1n) is 11.0. The van der Waals surface area contributed by atoms with Gasteiger partial charge < -0.3 is 20.7 Å². The summed E-state index contributed by atoms with van der Waals surface area (Å²) in [6.45, 7) is 1.97. The van der Waals surface area contributed by atoms with Gasteiger partial charge in [0, 0.05) is 17.8 Å². The third kappa shape index (κ3) is 4.75. The first-order valence-corrected chi connectivity index (χ1v) is 11.0. The van der Waals surface area contributed by atoms with Gasteiger partial charge in [0.25, 0.3) is 0 Å². The van der Waals surface area contributed by atoms with Crippen molar-refractivity contribution >= 4 is 17.7 Å². The molecule has 0 radical (unpaired) electrons. The van der Waals surface area contributed by atoms with Crippen LogP contribution >= 0.6 is 0 Å². The summed E-state index contributed by atoms with van der Waals surface area (Å²) in [5.74, 6) is -0.507. The van der Waals surface area contributed by atoms with Crippen LogP contribution in [0.1, 0.15) is 36.6 Å². The number of esters is 1. The lowest BCUT2D eigenvalue weighted by molar-refractivity contribution is -0.139. The molecule has 6 nitrogen and oxygen atoms in total. The summed E-state index contributed by atoms with van der Waals surface area (Å²) < 4.78 is 5.36. The number of hydrogen-bond acceptors (Lipinski definition) is 4. The van der Waals surface area contributed by atoms with Crippen LogP contribution in [0.4, 0.5) is 10.5 Å². The van der Waals surface area contributed by atoms with E-state index in [-0.39, 0.29) is 18.7 Å². The Balaban J connectivity index is 1.86. The highest BCUT2D eigenvalue weighted by Gasteiger charge is 2.43. The molecule has 1 aliphatic rings. The molecule has 2 amide bonds. The minimum absolute atomic E-state index is 0.218. The summed E-state index contributed by atoms with van der Waals surface area (Å²) in [5.41, 5.74) is 9.63. The number of anilines is 1. The van der Waals surface area contributed by atoms with Crippen LogP contribution in [0.25, 0.3) is 0 Å². The summed E-state index contributed by atoms with van der Waals surface area (Å²) in [6.07, 6.45) is 0.323. The van der Waals surface area contributed by atoms with Gasteiger partial charge in [-0.1, -0.05) is 78.9 Å². The number of carbonyl (C=O) groups excluding carboxylic acids is 2. The second-order valence-electron chi connectivity index (χ2n) is 7.81. The predicted molar refractivity (Wildman–Crippen MR) is 128 cm³/mol. The van der Waals surface area contributed by atoms with Crippen molar-refractivity contribution in [1.82, 2.24) is 4.90 Å². The lowest BCUT2D eigenvalue weighted by atomic mass is 9.85. The first kappa shape index (κ1) is 22.1. The molecule has 0 aromatic heterocycles. The maximum atomic E-state index is 13.8. The fourth-order valence-corrected chi connectivity index (χ4v) is 4.25. The van der Waals surface area contributed by atoms with E-state index in [0.717, 1.165) is 11.1 Å². The second-order valence-corrected chi connectivity index (χ2v) is 7.81. The molecule has 3 N–H and O–H groups in total. The van der Waals surface area contributed by atoms with Gasteiger partial charge in [0.15, 0.2) is 0 Å². The van der Waals surface area contributed by atoms with Gasteiger partial charge in [0.2, 0.25) is 0 Å². The van der Waals surface area contributed by atoms with Crippen LogP contribution in [0.5, 0.6) is 0 Å². The molecular weight excluding hydrogens is 414 g/mol. The van der Waals surface area contributed by atoms with Gasteiger partial charge in [-0.05, 0) is 30.2 Å². The molecule has 6 heteroatoms. The van der Waals surface area contributed by atoms with E-state index in [2.05, 4.69) is 5.32 Å². The maximum Gasteiger partial charge on any atom is 0.338 e. The van der Waals surface area contributed by atoms with E-state index in [9.17, 15) is 9.59 Å². The number of amides is 2. The Bertz CT molecular complexity index is 1130. The van der Waals surface area contributed by atoms with Crippen molar-refractivity contribution in [3.05, 3.63) is 113 Å². The van der Waals surface area contributed by atoms with E-state index in [1.807, 2.05) is 91.0 Å². The number of urea groups is 1. The molecule has 1 heterocycles. The topological polar surface area (TPSA) is 84.7 Å². The van der Waals surface area contributed by atoms with E-state index >= 15 is 0 Å². The van der Waals surface area contributed by atoms with Gasteiger partial charge in [0.1, 0.15) is 0 Å². The summed E-state index contributed by atoms with van der Waals surface area (Å²) in [4.78, 5) is 28.5. The normalized spacial score (nSPS) is 18.0. The van der Waals surface area contributed by atoms with E-state index in [0.29, 0.717) is 23.4 Å². The van der Waals surface area contributed by atoms with Crippen LogP contribution in [0.2, 0.25) is 0 Å². The summed E-state index contributed by atoms with van der Waals surface area (Å²) in [6, 6.07) is 27.1. The summed E-state index contributed by atoms with van der Waals surface area (Å²) in [5, 5.41) is 2.99. The predicted octanol–water partition coefficient (Wildman–Crippen LogP) is 5.18. The van der Waals surface area contributed by atoms with Gasteiger partial charge in [-0.2, -0.15) is 0 Å². The fourth-order valence-electron chi connectivity index (χ4n) is 4.25. The number of para-hydroxylation sites is 1. The highest BCUT2D eigenvalue weighted by molar-refractivity contribution is 5.95. The van der Waals surface area contributed by atoms with Crippen molar-refractivity contribution in [3.8, 4) is 0 Å². The van der Waals surface area contributed by atoms with Crippen molar-refractivity contribution in [2.45, 2.75) is 25.4 Å². The fraction of sp³-hybridized carbons (Fsp3) is 0.185. The van der Waals surface area contributed by atoms with Crippen molar-refractivity contribution in [2.75, 3.05) is 11.9 Å². The molecule has 0 unspecified atom stereocenters. The van der Waals surface area contributed by atoms with Crippen molar-refractivity contribution in [1.29, 1.82) is 0 Å². The lowest BCUT2D eigenvalue weighted by Crippen LogP contribution is -2.46. The number of ether oxygens (including phenoxy) is 1. The minimum atomic E-state index is -0.701. The molecule has 168 valence electrons. The number of benzene rings is 3. The molecule has 3 aromatic rings. The molecule has 3 aromatic carbocycles. The van der Waals surface area contributed by atoms with Crippen molar-refractivity contribution in [2.24, 2.45) is 5.73 Å². The summed E-state index contributed by atoms with van der Waals surface area (Å²) >= 11 is 0. The average Bonchev–Trinajstić information content (AvgIpc) is 2.85. The first-order chi connectivity index (χ1) is 16.1. The van der Waals surface area contributed by atoms with Crippen LogP contribution in [0.3, 0.4) is 0 Å². The second kappa shape index (κ2) is 10.0. The molecule has 2 atom stereocenters.